The van der Waals surface area contributed by atoms with Gasteiger partial charge in [-0.3, -0.25) is 0 Å². The summed E-state index contributed by atoms with van der Waals surface area (Å²) in [5.41, 5.74) is 6.64. The summed E-state index contributed by atoms with van der Waals surface area (Å²) in [6.45, 7) is 7.85. The molecule has 0 radical (unpaired) electrons. The molecule has 2 N–H and O–H groups in total. The van der Waals surface area contributed by atoms with Crippen molar-refractivity contribution in [2.75, 3.05) is 6.54 Å². The first-order chi connectivity index (χ1) is 4.52. The molecule has 0 unspecified atom stereocenters. The molecule has 10 heavy (non-hydrogen) atoms. The average molecular weight is 141 g/mol. The highest BCUT2D eigenvalue weighted by atomic mass is 14.6. The molecule has 1 heteroatoms. The summed E-state index contributed by atoms with van der Waals surface area (Å²) in [6, 6.07) is 0. The fourth-order valence-corrected chi connectivity index (χ4v) is 1.80. The van der Waals surface area contributed by atoms with Crippen LogP contribution in [0.25, 0.3) is 0 Å². The number of hydrogen-bond donors (Lipinski definition) is 1. The Bertz CT molecular complexity index is 117. The van der Waals surface area contributed by atoms with Crippen LogP contribution in [0.1, 0.15) is 40.0 Å². The molecule has 60 valence electrons. The van der Waals surface area contributed by atoms with Crippen LogP contribution in [0.2, 0.25) is 0 Å². The average Bonchev–Trinajstić information content (AvgIpc) is 2.45. The van der Waals surface area contributed by atoms with Crippen molar-refractivity contribution in [1.82, 2.24) is 0 Å². The maximum absolute atomic E-state index is 5.55. The lowest BCUT2D eigenvalue weighted by atomic mass is 9.75. The highest BCUT2D eigenvalue weighted by Crippen LogP contribution is 2.60. The molecule has 0 aliphatic heterocycles. The molecule has 0 aromatic heterocycles. The molecule has 1 aliphatic rings. The lowest BCUT2D eigenvalue weighted by molar-refractivity contribution is 0.202. The SMILES string of the molecule is CC(C)(C)C1(CCN)CC1. The minimum absolute atomic E-state index is 0.479. The predicted octanol–water partition coefficient (Wildman–Crippen LogP) is 2.16. The Balaban J connectivity index is 2.52. The Labute approximate surface area is 64.0 Å². The normalized spacial score (nSPS) is 22.8. The van der Waals surface area contributed by atoms with Crippen LogP contribution >= 0.6 is 0 Å². The van der Waals surface area contributed by atoms with Crippen LogP contribution in [0.3, 0.4) is 0 Å². The molecule has 0 spiro atoms. The molecule has 1 saturated carbocycles. The third-order valence-electron chi connectivity index (χ3n) is 3.07. The zero-order valence-corrected chi connectivity index (χ0v) is 7.41. The molecule has 0 heterocycles. The Morgan fingerprint density at radius 3 is 1.90 bits per heavy atom. The van der Waals surface area contributed by atoms with Crippen molar-refractivity contribution in [3.8, 4) is 0 Å². The Hall–Kier alpha value is -0.0400. The topological polar surface area (TPSA) is 26.0 Å². The largest absolute Gasteiger partial charge is 0.330 e. The smallest absolute Gasteiger partial charge is 0.00718 e. The van der Waals surface area contributed by atoms with E-state index < -0.39 is 0 Å². The first-order valence-corrected chi connectivity index (χ1v) is 4.22. The van der Waals surface area contributed by atoms with E-state index in [1.807, 2.05) is 0 Å². The van der Waals surface area contributed by atoms with Crippen LogP contribution in [0, 0.1) is 10.8 Å². The fraction of sp³-hybridized carbons (Fsp3) is 1.00. The summed E-state index contributed by atoms with van der Waals surface area (Å²) in [5, 5.41) is 0. The first kappa shape index (κ1) is 8.06. The zero-order chi connectivity index (χ0) is 7.83. The van der Waals surface area contributed by atoms with Gasteiger partial charge in [0, 0.05) is 0 Å². The van der Waals surface area contributed by atoms with E-state index in [1.165, 1.54) is 19.3 Å². The maximum Gasteiger partial charge on any atom is -0.00718 e. The van der Waals surface area contributed by atoms with Crippen LogP contribution in [0.15, 0.2) is 0 Å². The van der Waals surface area contributed by atoms with Crippen LogP contribution in [-0.2, 0) is 0 Å². The van der Waals surface area contributed by atoms with Crippen molar-refractivity contribution < 1.29 is 0 Å². The van der Waals surface area contributed by atoms with Crippen molar-refractivity contribution in [2.24, 2.45) is 16.6 Å². The van der Waals surface area contributed by atoms with Gasteiger partial charge in [0.15, 0.2) is 0 Å². The molecule has 1 rings (SSSR count). The van der Waals surface area contributed by atoms with Gasteiger partial charge in [0.2, 0.25) is 0 Å². The second-order valence-electron chi connectivity index (χ2n) is 4.57. The van der Waals surface area contributed by atoms with Crippen LogP contribution in [-0.4, -0.2) is 6.54 Å². The summed E-state index contributed by atoms with van der Waals surface area (Å²) in [6.07, 6.45) is 4.01. The van der Waals surface area contributed by atoms with E-state index in [-0.39, 0.29) is 0 Å². The van der Waals surface area contributed by atoms with Gasteiger partial charge in [-0.05, 0) is 36.6 Å². The van der Waals surface area contributed by atoms with Crippen LogP contribution < -0.4 is 5.73 Å². The maximum atomic E-state index is 5.55. The molecular formula is C9H19N. The van der Waals surface area contributed by atoms with E-state index >= 15 is 0 Å². The van der Waals surface area contributed by atoms with Gasteiger partial charge >= 0.3 is 0 Å². The highest BCUT2D eigenvalue weighted by Gasteiger charge is 2.50. The molecule has 1 aliphatic carbocycles. The Morgan fingerprint density at radius 2 is 1.80 bits per heavy atom. The standard InChI is InChI=1S/C9H19N/c1-8(2,3)9(4-5-9)6-7-10/h4-7,10H2,1-3H3. The minimum Gasteiger partial charge on any atom is -0.330 e. The molecule has 0 bridgehead atoms. The molecule has 1 fully saturated rings. The number of rotatable bonds is 2. The number of nitrogens with two attached hydrogens (primary N) is 1. The molecule has 1 nitrogen and oxygen atoms in total. The monoisotopic (exact) mass is 141 g/mol. The van der Waals surface area contributed by atoms with Crippen molar-refractivity contribution >= 4 is 0 Å². The Kier molecular flexibility index (Phi) is 1.80. The molecule has 0 aromatic carbocycles. The quantitative estimate of drug-likeness (QED) is 0.626. The molecule has 0 atom stereocenters. The van der Waals surface area contributed by atoms with Crippen molar-refractivity contribution in [3.05, 3.63) is 0 Å². The van der Waals surface area contributed by atoms with Gasteiger partial charge < -0.3 is 5.73 Å². The lowest BCUT2D eigenvalue weighted by Crippen LogP contribution is -2.24. The summed E-state index contributed by atoms with van der Waals surface area (Å²) < 4.78 is 0. The minimum atomic E-state index is 0.479. The summed E-state index contributed by atoms with van der Waals surface area (Å²) >= 11 is 0. The van der Waals surface area contributed by atoms with Crippen molar-refractivity contribution in [3.63, 3.8) is 0 Å². The second-order valence-corrected chi connectivity index (χ2v) is 4.57. The van der Waals surface area contributed by atoms with Gasteiger partial charge in [-0.2, -0.15) is 0 Å². The van der Waals surface area contributed by atoms with Gasteiger partial charge in [-0.15, -0.1) is 0 Å². The van der Waals surface area contributed by atoms with Gasteiger partial charge in [0.05, 0.1) is 0 Å². The number of hydrogen-bond acceptors (Lipinski definition) is 1. The molecule has 0 saturated heterocycles. The van der Waals surface area contributed by atoms with E-state index in [1.54, 1.807) is 0 Å². The van der Waals surface area contributed by atoms with E-state index in [4.69, 9.17) is 5.73 Å². The summed E-state index contributed by atoms with van der Waals surface area (Å²) in [7, 11) is 0. The van der Waals surface area contributed by atoms with E-state index in [0.29, 0.717) is 10.8 Å². The third kappa shape index (κ3) is 1.20. The molecule has 0 aromatic rings. The first-order valence-electron chi connectivity index (χ1n) is 4.22. The van der Waals surface area contributed by atoms with Crippen LogP contribution in [0.4, 0.5) is 0 Å². The van der Waals surface area contributed by atoms with Gasteiger partial charge in [-0.25, -0.2) is 0 Å². The zero-order valence-electron chi connectivity index (χ0n) is 7.41. The summed E-state index contributed by atoms with van der Waals surface area (Å²) in [5.74, 6) is 0. The third-order valence-corrected chi connectivity index (χ3v) is 3.07. The second kappa shape index (κ2) is 2.23. The van der Waals surface area contributed by atoms with Crippen molar-refractivity contribution in [2.45, 2.75) is 40.0 Å². The van der Waals surface area contributed by atoms with Gasteiger partial charge in [0.25, 0.3) is 0 Å². The highest BCUT2D eigenvalue weighted by molar-refractivity contribution is 5.01. The Morgan fingerprint density at radius 1 is 1.30 bits per heavy atom. The van der Waals surface area contributed by atoms with Gasteiger partial charge in [-0.1, -0.05) is 20.8 Å². The van der Waals surface area contributed by atoms with E-state index in [2.05, 4.69) is 20.8 Å². The molecular weight excluding hydrogens is 122 g/mol. The van der Waals surface area contributed by atoms with E-state index in [0.717, 1.165) is 6.54 Å². The molecule has 0 amide bonds. The van der Waals surface area contributed by atoms with Gasteiger partial charge in [0.1, 0.15) is 0 Å². The lowest BCUT2D eigenvalue weighted by Gasteiger charge is -2.30. The van der Waals surface area contributed by atoms with Crippen molar-refractivity contribution in [1.29, 1.82) is 0 Å². The summed E-state index contributed by atoms with van der Waals surface area (Å²) in [4.78, 5) is 0. The van der Waals surface area contributed by atoms with Crippen LogP contribution in [0.5, 0.6) is 0 Å². The fourth-order valence-electron chi connectivity index (χ4n) is 1.80. The predicted molar refractivity (Wildman–Crippen MR) is 44.8 cm³/mol. The van der Waals surface area contributed by atoms with E-state index in [9.17, 15) is 0 Å².